The van der Waals surface area contributed by atoms with Gasteiger partial charge in [-0.3, -0.25) is 4.79 Å². The normalized spacial score (nSPS) is 10.3. The Morgan fingerprint density at radius 1 is 1.31 bits per heavy atom. The molecule has 1 aromatic carbocycles. The van der Waals surface area contributed by atoms with Crippen LogP contribution in [0.1, 0.15) is 21.1 Å². The maximum absolute atomic E-state index is 13.3. The zero-order valence-corrected chi connectivity index (χ0v) is 9.34. The summed E-state index contributed by atoms with van der Waals surface area (Å²) in [5.74, 6) is -0.185. The first kappa shape index (κ1) is 11.0. The molecule has 0 radical (unpaired) electrons. The zero-order chi connectivity index (χ0) is 11.4. The second-order valence-corrected chi connectivity index (χ2v) is 4.32. The van der Waals surface area contributed by atoms with Crippen LogP contribution in [0.3, 0.4) is 0 Å². The molecule has 0 N–H and O–H groups in total. The van der Waals surface area contributed by atoms with Gasteiger partial charge in [-0.1, -0.05) is 18.2 Å². The Balaban J connectivity index is 2.02. The van der Waals surface area contributed by atoms with Crippen LogP contribution in [0, 0.1) is 5.82 Å². The molecule has 2 rings (SSSR count). The molecule has 16 heavy (non-hydrogen) atoms. The summed E-state index contributed by atoms with van der Waals surface area (Å²) in [5.41, 5.74) is 1.14. The molecule has 0 aliphatic rings. The lowest BCUT2D eigenvalue weighted by Crippen LogP contribution is -1.94. The second-order valence-electron chi connectivity index (χ2n) is 3.38. The van der Waals surface area contributed by atoms with E-state index in [1.54, 1.807) is 17.5 Å². The Morgan fingerprint density at radius 2 is 2.12 bits per heavy atom. The monoisotopic (exact) mass is 235 g/mol. The Morgan fingerprint density at radius 3 is 2.81 bits per heavy atom. The molecule has 82 valence electrons. The lowest BCUT2D eigenvalue weighted by molar-refractivity contribution is 0.111. The van der Waals surface area contributed by atoms with Gasteiger partial charge >= 0.3 is 0 Å². The maximum Gasteiger partial charge on any atom is 0.169 e. The third-order valence-corrected chi connectivity index (χ3v) is 3.18. The number of hydrogen-bond acceptors (Lipinski definition) is 3. The van der Waals surface area contributed by atoms with Crippen LogP contribution >= 0.6 is 11.3 Å². The number of hydrogen-bond donors (Lipinski definition) is 0. The van der Waals surface area contributed by atoms with Gasteiger partial charge in [0.05, 0.1) is 5.01 Å². The minimum Gasteiger partial charge on any atom is -0.296 e. The van der Waals surface area contributed by atoms with Crippen molar-refractivity contribution in [1.82, 2.24) is 4.98 Å². The van der Waals surface area contributed by atoms with Gasteiger partial charge in [0, 0.05) is 11.8 Å². The van der Waals surface area contributed by atoms with E-state index in [-0.39, 0.29) is 5.82 Å². The molecule has 0 saturated heterocycles. The molecule has 0 amide bonds. The molecule has 1 aromatic heterocycles. The van der Waals surface area contributed by atoms with Crippen molar-refractivity contribution in [1.29, 1.82) is 0 Å². The van der Waals surface area contributed by atoms with E-state index >= 15 is 0 Å². The summed E-state index contributed by atoms with van der Waals surface area (Å²) in [6.45, 7) is 0. The molecule has 0 aliphatic heterocycles. The van der Waals surface area contributed by atoms with Gasteiger partial charge in [0.2, 0.25) is 0 Å². The third kappa shape index (κ3) is 2.52. The Bertz CT molecular complexity index is 495. The highest BCUT2D eigenvalue weighted by atomic mass is 32.1. The summed E-state index contributed by atoms with van der Waals surface area (Å²) in [5, 5.41) is 2.58. The van der Waals surface area contributed by atoms with Crippen LogP contribution in [-0.4, -0.2) is 11.3 Å². The molecule has 1 heterocycles. The number of halogens is 1. The fraction of sp³-hybridized carbons (Fsp3) is 0.167. The summed E-state index contributed by atoms with van der Waals surface area (Å²) >= 11 is 1.43. The largest absolute Gasteiger partial charge is 0.296 e. The summed E-state index contributed by atoms with van der Waals surface area (Å²) in [6, 6.07) is 6.71. The molecular weight excluding hydrogens is 225 g/mol. The predicted octanol–water partition coefficient (Wildman–Crippen LogP) is 2.88. The Labute approximate surface area is 96.8 Å². The van der Waals surface area contributed by atoms with Crippen molar-refractivity contribution < 1.29 is 9.18 Å². The van der Waals surface area contributed by atoms with Crippen molar-refractivity contribution in [3.8, 4) is 0 Å². The highest BCUT2D eigenvalue weighted by molar-refractivity contribution is 7.09. The molecular formula is C12H10FNOS. The van der Waals surface area contributed by atoms with E-state index in [0.717, 1.165) is 11.3 Å². The van der Waals surface area contributed by atoms with E-state index in [9.17, 15) is 9.18 Å². The summed E-state index contributed by atoms with van der Waals surface area (Å²) in [4.78, 5) is 14.5. The summed E-state index contributed by atoms with van der Waals surface area (Å²) < 4.78 is 13.3. The predicted molar refractivity (Wildman–Crippen MR) is 61.3 cm³/mol. The number of aldehydes is 1. The standard InChI is InChI=1S/C12H10FNOS/c13-11-4-2-1-3-9(11)5-6-12-14-10(7-15)8-16-12/h1-4,7-8H,5-6H2. The number of benzene rings is 1. The maximum atomic E-state index is 13.3. The van der Waals surface area contributed by atoms with Crippen LogP contribution in [0.25, 0.3) is 0 Å². The van der Waals surface area contributed by atoms with Crippen molar-refractivity contribution in [3.05, 3.63) is 51.7 Å². The number of nitrogens with zero attached hydrogens (tertiary/aromatic N) is 1. The first-order valence-corrected chi connectivity index (χ1v) is 5.80. The van der Waals surface area contributed by atoms with E-state index in [2.05, 4.69) is 4.98 Å². The number of carbonyl (C=O) groups is 1. The number of carbonyl (C=O) groups excluding carboxylic acids is 1. The zero-order valence-electron chi connectivity index (χ0n) is 8.52. The number of aromatic nitrogens is 1. The van der Waals surface area contributed by atoms with E-state index in [1.807, 2.05) is 6.07 Å². The van der Waals surface area contributed by atoms with Crippen molar-refractivity contribution in [2.75, 3.05) is 0 Å². The van der Waals surface area contributed by atoms with Crippen LogP contribution < -0.4 is 0 Å². The van der Waals surface area contributed by atoms with Crippen LogP contribution in [0.2, 0.25) is 0 Å². The van der Waals surface area contributed by atoms with Gasteiger partial charge in [0.1, 0.15) is 11.5 Å². The van der Waals surface area contributed by atoms with Gasteiger partial charge in [-0.2, -0.15) is 0 Å². The number of aryl methyl sites for hydroxylation is 2. The minimum absolute atomic E-state index is 0.185. The SMILES string of the molecule is O=Cc1csc(CCc2ccccc2F)n1. The Kier molecular flexibility index (Phi) is 3.41. The van der Waals surface area contributed by atoms with E-state index < -0.39 is 0 Å². The topological polar surface area (TPSA) is 30.0 Å². The average molecular weight is 235 g/mol. The quantitative estimate of drug-likeness (QED) is 0.763. The highest BCUT2D eigenvalue weighted by Gasteiger charge is 2.04. The first-order chi connectivity index (χ1) is 7.79. The van der Waals surface area contributed by atoms with Crippen molar-refractivity contribution in [2.24, 2.45) is 0 Å². The second kappa shape index (κ2) is 4.99. The van der Waals surface area contributed by atoms with Crippen LogP contribution in [0.15, 0.2) is 29.6 Å². The lowest BCUT2D eigenvalue weighted by Gasteiger charge is -2.00. The smallest absolute Gasteiger partial charge is 0.169 e. The molecule has 0 bridgehead atoms. The fourth-order valence-electron chi connectivity index (χ4n) is 1.44. The molecule has 0 saturated carbocycles. The minimum atomic E-state index is -0.185. The number of rotatable bonds is 4. The van der Waals surface area contributed by atoms with Gasteiger partial charge in [0.25, 0.3) is 0 Å². The third-order valence-electron chi connectivity index (χ3n) is 2.26. The fourth-order valence-corrected chi connectivity index (χ4v) is 2.18. The van der Waals surface area contributed by atoms with Crippen LogP contribution in [0.4, 0.5) is 4.39 Å². The average Bonchev–Trinajstić information content (AvgIpc) is 2.76. The van der Waals surface area contributed by atoms with Crippen LogP contribution in [0.5, 0.6) is 0 Å². The van der Waals surface area contributed by atoms with E-state index in [4.69, 9.17) is 0 Å². The molecule has 0 unspecified atom stereocenters. The van der Waals surface area contributed by atoms with Gasteiger partial charge in [-0.05, 0) is 18.1 Å². The molecule has 0 spiro atoms. The molecule has 0 aliphatic carbocycles. The van der Waals surface area contributed by atoms with E-state index in [1.165, 1.54) is 17.4 Å². The lowest BCUT2D eigenvalue weighted by atomic mass is 10.1. The molecule has 0 atom stereocenters. The Hall–Kier alpha value is -1.55. The van der Waals surface area contributed by atoms with Crippen molar-refractivity contribution in [3.63, 3.8) is 0 Å². The highest BCUT2D eigenvalue weighted by Crippen LogP contribution is 2.14. The van der Waals surface area contributed by atoms with Gasteiger partial charge in [0.15, 0.2) is 6.29 Å². The summed E-state index contributed by atoms with van der Waals surface area (Å²) in [6.07, 6.45) is 2.00. The summed E-state index contributed by atoms with van der Waals surface area (Å²) in [7, 11) is 0. The van der Waals surface area contributed by atoms with Gasteiger partial charge in [-0.25, -0.2) is 9.37 Å². The molecule has 2 nitrogen and oxygen atoms in total. The van der Waals surface area contributed by atoms with Crippen LogP contribution in [-0.2, 0) is 12.8 Å². The molecule has 0 fully saturated rings. The van der Waals surface area contributed by atoms with Crippen molar-refractivity contribution >= 4 is 17.6 Å². The van der Waals surface area contributed by atoms with E-state index in [0.29, 0.717) is 24.1 Å². The molecule has 2 aromatic rings. The first-order valence-electron chi connectivity index (χ1n) is 4.92. The number of thiazole rings is 1. The van der Waals surface area contributed by atoms with Gasteiger partial charge < -0.3 is 0 Å². The van der Waals surface area contributed by atoms with Gasteiger partial charge in [-0.15, -0.1) is 11.3 Å². The molecule has 4 heteroatoms. The van der Waals surface area contributed by atoms with Crippen molar-refractivity contribution in [2.45, 2.75) is 12.8 Å².